The maximum Gasteiger partial charge on any atom is 0.223 e. The van der Waals surface area contributed by atoms with Crippen molar-refractivity contribution >= 4 is 17.9 Å². The molecule has 0 spiro atoms. The molecule has 6 nitrogen and oxygen atoms in total. The van der Waals surface area contributed by atoms with Gasteiger partial charge in [-0.25, -0.2) is 0 Å². The lowest BCUT2D eigenvalue weighted by Crippen LogP contribution is -2.51. The zero-order valence-corrected chi connectivity index (χ0v) is 7.29. The molecule has 13 heavy (non-hydrogen) atoms. The molecule has 4 atom stereocenters. The van der Waals surface area contributed by atoms with Crippen LogP contribution in [0.15, 0.2) is 0 Å². The lowest BCUT2D eigenvalue weighted by molar-refractivity contribution is -0.145. The Bertz CT molecular complexity index is 173. The van der Waals surface area contributed by atoms with E-state index in [9.17, 15) is 4.79 Å². The number of carbonyl (C=O) groups is 1. The molecule has 0 radical (unpaired) electrons. The van der Waals surface area contributed by atoms with Gasteiger partial charge in [-0.2, -0.15) is 0 Å². The average Bonchev–Trinajstić information content (AvgIpc) is 2.14. The van der Waals surface area contributed by atoms with Crippen LogP contribution < -0.4 is 0 Å². The highest BCUT2D eigenvalue weighted by Gasteiger charge is 2.40. The molecule has 0 amide bonds. The van der Waals surface area contributed by atoms with Crippen LogP contribution in [0.25, 0.3) is 0 Å². The third kappa shape index (κ3) is 3.18. The van der Waals surface area contributed by atoms with Gasteiger partial charge in [-0.15, -0.1) is 0 Å². The number of aliphatic hydroxyl groups is 5. The Balaban J connectivity index is 4.40. The van der Waals surface area contributed by atoms with Crippen molar-refractivity contribution < 1.29 is 30.3 Å². The molecule has 0 aliphatic carbocycles. The summed E-state index contributed by atoms with van der Waals surface area (Å²) < 4.78 is 0. The van der Waals surface area contributed by atoms with Gasteiger partial charge in [0.25, 0.3) is 0 Å². The number of aldehydes is 1. The van der Waals surface area contributed by atoms with Crippen LogP contribution in [0.5, 0.6) is 0 Å². The van der Waals surface area contributed by atoms with E-state index < -0.39 is 30.0 Å². The minimum Gasteiger partial charge on any atom is -0.394 e. The molecule has 0 saturated heterocycles. The van der Waals surface area contributed by atoms with Gasteiger partial charge in [0.1, 0.15) is 18.3 Å². The first-order valence-corrected chi connectivity index (χ1v) is 3.77. The SMILES string of the molecule is O=C[C@](O)(Cl)[C@@H](O)[C@H](O)[C@H](O)CO. The maximum atomic E-state index is 10.1. The van der Waals surface area contributed by atoms with Crippen LogP contribution >= 0.6 is 11.6 Å². The van der Waals surface area contributed by atoms with Crippen molar-refractivity contribution in [2.45, 2.75) is 23.4 Å². The van der Waals surface area contributed by atoms with Crippen molar-refractivity contribution in [3.8, 4) is 0 Å². The van der Waals surface area contributed by atoms with Crippen molar-refractivity contribution in [2.24, 2.45) is 0 Å². The third-order valence-corrected chi connectivity index (χ3v) is 1.80. The number of rotatable bonds is 5. The number of aliphatic hydroxyl groups excluding tert-OH is 4. The second-order valence-electron chi connectivity index (χ2n) is 2.53. The van der Waals surface area contributed by atoms with Gasteiger partial charge < -0.3 is 25.5 Å². The first-order valence-electron chi connectivity index (χ1n) is 3.39. The molecular formula is C6H11ClO6. The highest BCUT2D eigenvalue weighted by atomic mass is 35.5. The summed E-state index contributed by atoms with van der Waals surface area (Å²) in [6, 6.07) is 0. The van der Waals surface area contributed by atoms with E-state index in [1.54, 1.807) is 0 Å². The van der Waals surface area contributed by atoms with E-state index in [4.69, 9.17) is 37.1 Å². The zero-order chi connectivity index (χ0) is 10.6. The van der Waals surface area contributed by atoms with Crippen molar-refractivity contribution in [1.82, 2.24) is 0 Å². The summed E-state index contributed by atoms with van der Waals surface area (Å²) in [7, 11) is 0. The van der Waals surface area contributed by atoms with Crippen molar-refractivity contribution in [2.75, 3.05) is 6.61 Å². The van der Waals surface area contributed by atoms with Crippen LogP contribution in [-0.4, -0.2) is 61.8 Å². The molecule has 0 aliphatic heterocycles. The topological polar surface area (TPSA) is 118 Å². The maximum absolute atomic E-state index is 10.1. The van der Waals surface area contributed by atoms with E-state index in [1.807, 2.05) is 0 Å². The lowest BCUT2D eigenvalue weighted by Gasteiger charge is -2.27. The van der Waals surface area contributed by atoms with Gasteiger partial charge in [-0.05, 0) is 0 Å². The number of carbonyl (C=O) groups excluding carboxylic acids is 1. The summed E-state index contributed by atoms with van der Waals surface area (Å²) in [5.41, 5.74) is 0. The van der Waals surface area contributed by atoms with Crippen LogP contribution in [-0.2, 0) is 4.79 Å². The Labute approximate surface area is 79.0 Å². The number of halogens is 1. The minimum absolute atomic E-state index is 0.188. The predicted octanol–water partition coefficient (Wildman–Crippen LogP) is -2.81. The van der Waals surface area contributed by atoms with Gasteiger partial charge in [0, 0.05) is 0 Å². The zero-order valence-electron chi connectivity index (χ0n) is 6.54. The molecular weight excluding hydrogens is 204 g/mol. The third-order valence-electron chi connectivity index (χ3n) is 1.48. The molecule has 0 heterocycles. The number of hydrogen-bond acceptors (Lipinski definition) is 6. The summed E-state index contributed by atoms with van der Waals surface area (Å²) in [5.74, 6) is 0. The Morgan fingerprint density at radius 2 is 1.85 bits per heavy atom. The molecule has 0 aliphatic rings. The molecule has 78 valence electrons. The second kappa shape index (κ2) is 4.85. The molecule has 0 saturated carbocycles. The summed E-state index contributed by atoms with van der Waals surface area (Å²) in [6.07, 6.45) is -5.85. The van der Waals surface area contributed by atoms with Gasteiger partial charge in [0.2, 0.25) is 5.06 Å². The molecule has 0 rings (SSSR count). The van der Waals surface area contributed by atoms with Crippen molar-refractivity contribution in [3.05, 3.63) is 0 Å². The fourth-order valence-corrected chi connectivity index (χ4v) is 0.757. The fourth-order valence-electron chi connectivity index (χ4n) is 0.628. The molecule has 5 N–H and O–H groups in total. The van der Waals surface area contributed by atoms with E-state index in [1.165, 1.54) is 0 Å². The highest BCUT2D eigenvalue weighted by molar-refractivity contribution is 6.30. The predicted molar refractivity (Wildman–Crippen MR) is 42.0 cm³/mol. The fraction of sp³-hybridized carbons (Fsp3) is 0.833. The van der Waals surface area contributed by atoms with E-state index >= 15 is 0 Å². The molecule has 0 aromatic heterocycles. The molecule has 0 fully saturated rings. The normalized spacial score (nSPS) is 22.9. The van der Waals surface area contributed by atoms with Gasteiger partial charge in [-0.1, -0.05) is 11.6 Å². The summed E-state index contributed by atoms with van der Waals surface area (Å²) in [5, 5.41) is 41.4. The van der Waals surface area contributed by atoms with Crippen LogP contribution in [0.4, 0.5) is 0 Å². The number of alkyl halides is 1. The Morgan fingerprint density at radius 3 is 2.15 bits per heavy atom. The van der Waals surface area contributed by atoms with E-state index in [0.29, 0.717) is 0 Å². The first kappa shape index (κ1) is 12.8. The Morgan fingerprint density at radius 1 is 1.38 bits per heavy atom. The summed E-state index contributed by atoms with van der Waals surface area (Å²) in [4.78, 5) is 10.1. The largest absolute Gasteiger partial charge is 0.394 e. The van der Waals surface area contributed by atoms with Gasteiger partial charge in [0.05, 0.1) is 6.61 Å². The standard InChI is InChI=1S/C6H11ClO6/c7-6(13,2-9)5(12)4(11)3(10)1-8/h2-5,8,10-13H,1H2/t3-,4-,5+,6-/m1/s1. The highest BCUT2D eigenvalue weighted by Crippen LogP contribution is 2.17. The smallest absolute Gasteiger partial charge is 0.223 e. The van der Waals surface area contributed by atoms with Crippen LogP contribution in [0, 0.1) is 0 Å². The monoisotopic (exact) mass is 214 g/mol. The van der Waals surface area contributed by atoms with Crippen molar-refractivity contribution in [3.63, 3.8) is 0 Å². The molecule has 0 unspecified atom stereocenters. The average molecular weight is 215 g/mol. The summed E-state index contributed by atoms with van der Waals surface area (Å²) >= 11 is 5.05. The second-order valence-corrected chi connectivity index (χ2v) is 3.14. The van der Waals surface area contributed by atoms with Crippen molar-refractivity contribution in [1.29, 1.82) is 0 Å². The van der Waals surface area contributed by atoms with Crippen LogP contribution in [0.1, 0.15) is 0 Å². The number of hydrogen-bond donors (Lipinski definition) is 5. The quantitative estimate of drug-likeness (QED) is 0.249. The molecule has 0 aromatic carbocycles. The summed E-state index contributed by atoms with van der Waals surface area (Å²) in [6.45, 7) is -0.829. The van der Waals surface area contributed by atoms with Gasteiger partial charge >= 0.3 is 0 Å². The Hall–Kier alpha value is -0.240. The van der Waals surface area contributed by atoms with E-state index in [0.717, 1.165) is 0 Å². The van der Waals surface area contributed by atoms with Gasteiger partial charge in [0.15, 0.2) is 6.29 Å². The molecule has 0 bridgehead atoms. The van der Waals surface area contributed by atoms with Crippen LogP contribution in [0.3, 0.4) is 0 Å². The first-order chi connectivity index (χ1) is 5.86. The Kier molecular flexibility index (Phi) is 4.76. The van der Waals surface area contributed by atoms with Crippen LogP contribution in [0.2, 0.25) is 0 Å². The van der Waals surface area contributed by atoms with Gasteiger partial charge in [-0.3, -0.25) is 4.79 Å². The molecule has 7 heteroatoms. The van der Waals surface area contributed by atoms with E-state index in [2.05, 4.69) is 0 Å². The lowest BCUT2D eigenvalue weighted by atomic mass is 10.0. The molecule has 0 aromatic rings. The minimum atomic E-state index is -2.67. The van der Waals surface area contributed by atoms with E-state index in [-0.39, 0.29) is 6.29 Å².